The highest BCUT2D eigenvalue weighted by Gasteiger charge is 2.35. The maximum absolute atomic E-state index is 12.4. The first-order chi connectivity index (χ1) is 14.5. The molecule has 0 unspecified atom stereocenters. The van der Waals surface area contributed by atoms with Gasteiger partial charge >= 0.3 is 5.97 Å². The second kappa shape index (κ2) is 9.69. The molecule has 0 spiro atoms. The molecule has 0 aliphatic carbocycles. The molecule has 3 rings (SSSR count). The number of carbonyl (C=O) groups excluding carboxylic acids is 3. The normalized spacial score (nSPS) is 16.0. The minimum absolute atomic E-state index is 0.110. The Balaban J connectivity index is 1.55. The first-order valence-electron chi connectivity index (χ1n) is 9.56. The van der Waals surface area contributed by atoms with Crippen molar-refractivity contribution in [1.29, 1.82) is 0 Å². The molecule has 2 aromatic rings. The minimum Gasteiger partial charge on any atom is -0.494 e. The van der Waals surface area contributed by atoms with Gasteiger partial charge in [0.1, 0.15) is 5.75 Å². The lowest BCUT2D eigenvalue weighted by Gasteiger charge is -2.17. The summed E-state index contributed by atoms with van der Waals surface area (Å²) in [7, 11) is 1.32. The predicted octanol–water partition coefficient (Wildman–Crippen LogP) is 2.38. The molecule has 1 saturated heterocycles. The maximum Gasteiger partial charge on any atom is 0.337 e. The lowest BCUT2D eigenvalue weighted by Crippen LogP contribution is -2.30. The Hall–Kier alpha value is -3.68. The van der Waals surface area contributed by atoms with Crippen LogP contribution in [-0.2, 0) is 14.3 Å². The van der Waals surface area contributed by atoms with Crippen molar-refractivity contribution in [3.8, 4) is 5.75 Å². The summed E-state index contributed by atoms with van der Waals surface area (Å²) in [5.41, 5.74) is 4.35. The number of rotatable bonds is 7. The Kier molecular flexibility index (Phi) is 6.79. The lowest BCUT2D eigenvalue weighted by molar-refractivity contribution is -0.126. The third-order valence-corrected chi connectivity index (χ3v) is 4.68. The van der Waals surface area contributed by atoms with E-state index in [2.05, 4.69) is 15.3 Å². The summed E-state index contributed by atoms with van der Waals surface area (Å²) in [6.07, 6.45) is 1.60. The van der Waals surface area contributed by atoms with Crippen molar-refractivity contribution < 1.29 is 23.9 Å². The van der Waals surface area contributed by atoms with Crippen LogP contribution in [-0.4, -0.2) is 44.3 Å². The number of nitrogens with one attached hydrogen (secondary N) is 1. The summed E-state index contributed by atoms with van der Waals surface area (Å²) in [4.78, 5) is 37.8. The highest BCUT2D eigenvalue weighted by Crippen LogP contribution is 2.27. The summed E-state index contributed by atoms with van der Waals surface area (Å²) in [5, 5.41) is 3.95. The van der Waals surface area contributed by atoms with E-state index in [4.69, 9.17) is 4.74 Å². The maximum atomic E-state index is 12.4. The molecule has 0 radical (unpaired) electrons. The molecule has 1 N–H and O–H groups in total. The van der Waals surface area contributed by atoms with Gasteiger partial charge in [-0.25, -0.2) is 10.2 Å². The molecule has 2 aromatic carbocycles. The van der Waals surface area contributed by atoms with Crippen LogP contribution < -0.4 is 15.1 Å². The summed E-state index contributed by atoms with van der Waals surface area (Å²) in [6.45, 7) is 2.77. The average Bonchev–Trinajstić information content (AvgIpc) is 3.16. The number of esters is 1. The first-order valence-corrected chi connectivity index (χ1v) is 9.56. The Morgan fingerprint density at radius 1 is 1.17 bits per heavy atom. The van der Waals surface area contributed by atoms with Gasteiger partial charge < -0.3 is 14.4 Å². The molecule has 1 fully saturated rings. The molecular formula is C22H23N3O5. The minimum atomic E-state index is -0.483. The van der Waals surface area contributed by atoms with E-state index in [1.165, 1.54) is 13.3 Å². The zero-order valence-corrected chi connectivity index (χ0v) is 16.8. The molecule has 156 valence electrons. The standard InChI is InChI=1S/C22H23N3O5/c1-3-30-19-10-8-18(9-11-19)25-14-17(12-20(25)26)21(27)24-23-13-15-4-6-16(7-5-15)22(28)29-2/h4-11,13,17H,3,12,14H2,1-2H3,(H,24,27)/b23-13-/t17-/m0/s1. The van der Waals surface area contributed by atoms with Gasteiger partial charge in [-0.1, -0.05) is 12.1 Å². The third kappa shape index (κ3) is 5.02. The van der Waals surface area contributed by atoms with Crippen LogP contribution in [0.2, 0.25) is 0 Å². The van der Waals surface area contributed by atoms with Crippen LogP contribution in [0.25, 0.3) is 0 Å². The number of benzene rings is 2. The van der Waals surface area contributed by atoms with Crippen molar-refractivity contribution in [2.45, 2.75) is 13.3 Å². The van der Waals surface area contributed by atoms with Crippen LogP contribution >= 0.6 is 0 Å². The van der Waals surface area contributed by atoms with Gasteiger partial charge in [-0.05, 0) is 48.9 Å². The number of hydrogen-bond acceptors (Lipinski definition) is 6. The molecule has 1 aliphatic rings. The average molecular weight is 409 g/mol. The lowest BCUT2D eigenvalue weighted by atomic mass is 10.1. The Bertz CT molecular complexity index is 938. The zero-order valence-electron chi connectivity index (χ0n) is 16.8. The second-order valence-corrected chi connectivity index (χ2v) is 6.68. The first kappa shape index (κ1) is 21.0. The van der Waals surface area contributed by atoms with E-state index in [9.17, 15) is 14.4 Å². The molecule has 8 heteroatoms. The smallest absolute Gasteiger partial charge is 0.337 e. The molecule has 1 atom stereocenters. The van der Waals surface area contributed by atoms with E-state index in [0.717, 1.165) is 11.4 Å². The SMILES string of the molecule is CCOc1ccc(N2C[C@@H](C(=O)N/N=C\c3ccc(C(=O)OC)cc3)CC2=O)cc1. The van der Waals surface area contributed by atoms with Crippen LogP contribution in [0.4, 0.5) is 5.69 Å². The van der Waals surface area contributed by atoms with E-state index < -0.39 is 11.9 Å². The third-order valence-electron chi connectivity index (χ3n) is 4.68. The fraction of sp³-hybridized carbons (Fsp3) is 0.273. The number of ether oxygens (including phenoxy) is 2. The second-order valence-electron chi connectivity index (χ2n) is 6.68. The van der Waals surface area contributed by atoms with E-state index >= 15 is 0 Å². The number of methoxy groups -OCH3 is 1. The Labute approximate surface area is 174 Å². The highest BCUT2D eigenvalue weighted by molar-refractivity contribution is 6.00. The van der Waals surface area contributed by atoms with E-state index in [1.54, 1.807) is 53.4 Å². The number of nitrogens with zero attached hydrogens (tertiary/aromatic N) is 2. The van der Waals surface area contributed by atoms with Crippen LogP contribution in [0.15, 0.2) is 53.6 Å². The molecule has 1 aliphatic heterocycles. The van der Waals surface area contributed by atoms with Crippen LogP contribution in [0.3, 0.4) is 0 Å². The fourth-order valence-electron chi connectivity index (χ4n) is 3.11. The molecule has 8 nitrogen and oxygen atoms in total. The van der Waals surface area contributed by atoms with E-state index in [1.807, 2.05) is 6.92 Å². The van der Waals surface area contributed by atoms with Crippen molar-refractivity contribution >= 4 is 29.7 Å². The summed E-state index contributed by atoms with van der Waals surface area (Å²) < 4.78 is 10.1. The molecule has 2 amide bonds. The van der Waals surface area contributed by atoms with E-state index in [0.29, 0.717) is 24.3 Å². The largest absolute Gasteiger partial charge is 0.494 e. The monoisotopic (exact) mass is 409 g/mol. The van der Waals surface area contributed by atoms with E-state index in [-0.39, 0.29) is 18.2 Å². The predicted molar refractivity (Wildman–Crippen MR) is 112 cm³/mol. The number of carbonyl (C=O) groups is 3. The van der Waals surface area contributed by atoms with Crippen LogP contribution in [0.1, 0.15) is 29.3 Å². The Morgan fingerprint density at radius 3 is 2.50 bits per heavy atom. The van der Waals surface area contributed by atoms with Crippen LogP contribution in [0.5, 0.6) is 5.75 Å². The summed E-state index contributed by atoms with van der Waals surface area (Å²) >= 11 is 0. The van der Waals surface area contributed by atoms with Crippen molar-refractivity contribution in [2.24, 2.45) is 11.0 Å². The van der Waals surface area contributed by atoms with Gasteiger partial charge in [0.25, 0.3) is 0 Å². The molecule has 1 heterocycles. The zero-order chi connectivity index (χ0) is 21.5. The van der Waals surface area contributed by atoms with Crippen LogP contribution in [0, 0.1) is 5.92 Å². The van der Waals surface area contributed by atoms with Crippen molar-refractivity contribution in [3.05, 3.63) is 59.7 Å². The number of amides is 2. The molecule has 0 aromatic heterocycles. The molecule has 0 bridgehead atoms. The van der Waals surface area contributed by atoms with Crippen molar-refractivity contribution in [3.63, 3.8) is 0 Å². The van der Waals surface area contributed by atoms with Crippen molar-refractivity contribution in [2.75, 3.05) is 25.2 Å². The van der Waals surface area contributed by atoms with Gasteiger partial charge in [-0.2, -0.15) is 5.10 Å². The number of hydrogen-bond donors (Lipinski definition) is 1. The van der Waals surface area contributed by atoms with Gasteiger partial charge in [-0.15, -0.1) is 0 Å². The fourth-order valence-corrected chi connectivity index (χ4v) is 3.11. The molecular weight excluding hydrogens is 386 g/mol. The van der Waals surface area contributed by atoms with Crippen molar-refractivity contribution in [1.82, 2.24) is 5.43 Å². The molecule has 0 saturated carbocycles. The number of anilines is 1. The highest BCUT2D eigenvalue weighted by atomic mass is 16.5. The number of hydrazone groups is 1. The van der Waals surface area contributed by atoms with Gasteiger partial charge in [-0.3, -0.25) is 9.59 Å². The summed E-state index contributed by atoms with van der Waals surface area (Å²) in [5.74, 6) is -0.602. The van der Waals surface area contributed by atoms with Gasteiger partial charge in [0.2, 0.25) is 11.8 Å². The van der Waals surface area contributed by atoms with Gasteiger partial charge in [0.15, 0.2) is 0 Å². The summed E-state index contributed by atoms with van der Waals surface area (Å²) in [6, 6.07) is 13.8. The Morgan fingerprint density at radius 2 is 1.87 bits per heavy atom. The van der Waals surface area contributed by atoms with Gasteiger partial charge in [0, 0.05) is 18.7 Å². The quantitative estimate of drug-likeness (QED) is 0.430. The molecule has 30 heavy (non-hydrogen) atoms. The topological polar surface area (TPSA) is 97.3 Å². The van der Waals surface area contributed by atoms with Gasteiger partial charge in [0.05, 0.1) is 31.4 Å².